The van der Waals surface area contributed by atoms with Crippen molar-refractivity contribution >= 4 is 11.6 Å². The van der Waals surface area contributed by atoms with Crippen LogP contribution in [0, 0.1) is 23.1 Å². The van der Waals surface area contributed by atoms with Gasteiger partial charge in [-0.2, -0.15) is 23.5 Å². The Kier molecular flexibility index (Phi) is 7.17. The van der Waals surface area contributed by atoms with E-state index in [1.54, 1.807) is 24.3 Å². The average Bonchev–Trinajstić information content (AvgIpc) is 3.62. The molecule has 39 heavy (non-hydrogen) atoms. The molecule has 1 aliphatic rings. The van der Waals surface area contributed by atoms with E-state index in [1.165, 1.54) is 36.4 Å². The molecule has 1 atom stereocenters. The first-order valence-corrected chi connectivity index (χ1v) is 12.3. The predicted octanol–water partition coefficient (Wildman–Crippen LogP) is 6.24. The third kappa shape index (κ3) is 6.16. The van der Waals surface area contributed by atoms with E-state index >= 15 is 0 Å². The van der Waals surface area contributed by atoms with Gasteiger partial charge < -0.3 is 10.6 Å². The lowest BCUT2D eigenvalue weighted by Gasteiger charge is -2.21. The molecule has 0 saturated heterocycles. The van der Waals surface area contributed by atoms with Gasteiger partial charge in [0.15, 0.2) is 5.69 Å². The summed E-state index contributed by atoms with van der Waals surface area (Å²) >= 11 is 0. The van der Waals surface area contributed by atoms with Crippen LogP contribution in [0.4, 0.5) is 23.2 Å². The van der Waals surface area contributed by atoms with Crippen molar-refractivity contribution in [2.45, 2.75) is 25.1 Å². The zero-order chi connectivity index (χ0) is 27.6. The molecule has 5 rings (SSSR count). The number of nitrogens with one attached hydrogen (secondary N) is 2. The monoisotopic (exact) mass is 533 g/mol. The van der Waals surface area contributed by atoms with Crippen LogP contribution in [0.1, 0.15) is 51.8 Å². The molecule has 0 spiro atoms. The van der Waals surface area contributed by atoms with Gasteiger partial charge in [-0.3, -0.25) is 4.79 Å². The minimum absolute atomic E-state index is 0.138. The fraction of sp³-hybridized carbons (Fsp3) is 0.207. The Morgan fingerprint density at radius 3 is 2.44 bits per heavy atom. The van der Waals surface area contributed by atoms with Crippen LogP contribution in [0.3, 0.4) is 0 Å². The molecule has 1 aromatic heterocycles. The highest BCUT2D eigenvalue weighted by Gasteiger charge is 2.36. The van der Waals surface area contributed by atoms with Crippen LogP contribution in [0.5, 0.6) is 0 Å². The Bertz CT molecular complexity index is 1550. The number of aromatic nitrogens is 2. The molecule has 3 aromatic carbocycles. The quantitative estimate of drug-likeness (QED) is 0.263. The van der Waals surface area contributed by atoms with E-state index in [9.17, 15) is 27.6 Å². The summed E-state index contributed by atoms with van der Waals surface area (Å²) in [7, 11) is 0. The van der Waals surface area contributed by atoms with Gasteiger partial charge >= 0.3 is 6.18 Å². The lowest BCUT2D eigenvalue weighted by molar-refractivity contribution is -0.141. The number of benzene rings is 3. The number of hydrogen-bond acceptors (Lipinski definition) is 4. The second-order valence-corrected chi connectivity index (χ2v) is 9.41. The number of halogens is 4. The number of hydrogen-bond donors (Lipinski definition) is 2. The molecule has 10 heteroatoms. The van der Waals surface area contributed by atoms with Crippen molar-refractivity contribution in [1.82, 2.24) is 15.1 Å². The second-order valence-electron chi connectivity index (χ2n) is 9.41. The number of rotatable bonds is 8. The number of carbonyl (C=O) groups is 1. The van der Waals surface area contributed by atoms with Crippen LogP contribution in [0.2, 0.25) is 0 Å². The topological polar surface area (TPSA) is 82.7 Å². The molecule has 1 saturated carbocycles. The first-order valence-electron chi connectivity index (χ1n) is 12.3. The number of nitriles is 1. The van der Waals surface area contributed by atoms with Crippen molar-refractivity contribution in [1.29, 1.82) is 5.26 Å². The standard InChI is InChI=1S/C29H23F4N5O/c30-22-7-2-5-20(13-22)27(35-17-18-10-11-18)21-6-3-8-23(14-21)36-28(39)25-15-26(29(31,32)33)37-38(25)24-9-1-4-19(12-24)16-34/h1-9,12-15,18,27,35H,10-11,17H2,(H,36,39). The van der Waals surface area contributed by atoms with Gasteiger partial charge in [-0.25, -0.2) is 9.07 Å². The van der Waals surface area contributed by atoms with Crippen molar-refractivity contribution in [3.05, 3.63) is 113 Å². The zero-order valence-corrected chi connectivity index (χ0v) is 20.5. The van der Waals surface area contributed by atoms with Crippen molar-refractivity contribution in [3.8, 4) is 11.8 Å². The highest BCUT2D eigenvalue weighted by Crippen LogP contribution is 2.32. The highest BCUT2D eigenvalue weighted by molar-refractivity contribution is 6.03. The van der Waals surface area contributed by atoms with Gasteiger partial charge in [-0.1, -0.05) is 30.3 Å². The van der Waals surface area contributed by atoms with E-state index < -0.39 is 17.8 Å². The minimum atomic E-state index is -4.78. The van der Waals surface area contributed by atoms with Crippen LogP contribution < -0.4 is 10.6 Å². The molecule has 4 aromatic rings. The SMILES string of the molecule is N#Cc1cccc(-n2nc(C(F)(F)F)cc2C(=O)Nc2cccc(C(NCC3CC3)c3cccc(F)c3)c2)c1. The molecule has 1 fully saturated rings. The highest BCUT2D eigenvalue weighted by atomic mass is 19.4. The molecule has 0 radical (unpaired) electrons. The Hall–Kier alpha value is -4.49. The van der Waals surface area contributed by atoms with Gasteiger partial charge in [0.2, 0.25) is 0 Å². The molecule has 198 valence electrons. The number of alkyl halides is 3. The maximum absolute atomic E-state index is 14.0. The van der Waals surface area contributed by atoms with Crippen LogP contribution in [0.15, 0.2) is 78.9 Å². The molecule has 1 amide bonds. The van der Waals surface area contributed by atoms with Gasteiger partial charge in [0.25, 0.3) is 5.91 Å². The Morgan fingerprint density at radius 1 is 1.03 bits per heavy atom. The van der Waals surface area contributed by atoms with Crippen LogP contribution in [-0.4, -0.2) is 22.2 Å². The lowest BCUT2D eigenvalue weighted by Crippen LogP contribution is -2.25. The smallest absolute Gasteiger partial charge is 0.321 e. The fourth-order valence-electron chi connectivity index (χ4n) is 4.30. The number of amides is 1. The lowest BCUT2D eigenvalue weighted by atomic mass is 9.97. The van der Waals surface area contributed by atoms with E-state index in [1.807, 2.05) is 18.2 Å². The average molecular weight is 534 g/mol. The first kappa shape index (κ1) is 26.1. The molecule has 1 unspecified atom stereocenters. The van der Waals surface area contributed by atoms with Gasteiger partial charge in [0.05, 0.1) is 23.4 Å². The van der Waals surface area contributed by atoms with Crippen LogP contribution in [-0.2, 0) is 6.18 Å². The summed E-state index contributed by atoms with van der Waals surface area (Å²) < 4.78 is 55.4. The van der Waals surface area contributed by atoms with Gasteiger partial charge in [0, 0.05) is 11.8 Å². The minimum Gasteiger partial charge on any atom is -0.321 e. The number of nitrogens with zero attached hydrogens (tertiary/aromatic N) is 3. The summed E-state index contributed by atoms with van der Waals surface area (Å²) in [5.74, 6) is -0.623. The summed E-state index contributed by atoms with van der Waals surface area (Å²) in [6, 6.07) is 21.2. The summed E-state index contributed by atoms with van der Waals surface area (Å²) in [5.41, 5.74) is 0.570. The largest absolute Gasteiger partial charge is 0.435 e. The van der Waals surface area contributed by atoms with Crippen molar-refractivity contribution in [2.24, 2.45) is 5.92 Å². The summed E-state index contributed by atoms with van der Waals surface area (Å²) in [6.45, 7) is 0.749. The summed E-state index contributed by atoms with van der Waals surface area (Å²) in [5, 5.41) is 18.9. The van der Waals surface area contributed by atoms with Gasteiger partial charge in [0.1, 0.15) is 11.5 Å². The Balaban J connectivity index is 1.46. The third-order valence-corrected chi connectivity index (χ3v) is 6.42. The first-order chi connectivity index (χ1) is 18.7. The molecule has 6 nitrogen and oxygen atoms in total. The summed E-state index contributed by atoms with van der Waals surface area (Å²) in [6.07, 6.45) is -2.52. The van der Waals surface area contributed by atoms with E-state index in [0.717, 1.165) is 29.6 Å². The second kappa shape index (κ2) is 10.7. The van der Waals surface area contributed by atoms with Gasteiger partial charge in [-0.05, 0) is 78.9 Å². The molecule has 1 aliphatic carbocycles. The molecule has 1 heterocycles. The Labute approximate surface area is 221 Å². The van der Waals surface area contributed by atoms with E-state index in [-0.39, 0.29) is 28.8 Å². The fourth-order valence-corrected chi connectivity index (χ4v) is 4.30. The summed E-state index contributed by atoms with van der Waals surface area (Å²) in [4.78, 5) is 13.3. The molecular weight excluding hydrogens is 510 g/mol. The van der Waals surface area contributed by atoms with Crippen molar-refractivity contribution in [2.75, 3.05) is 11.9 Å². The van der Waals surface area contributed by atoms with Crippen LogP contribution in [0.25, 0.3) is 5.69 Å². The normalized spacial score (nSPS) is 14.0. The molecule has 2 N–H and O–H groups in total. The zero-order valence-electron chi connectivity index (χ0n) is 20.5. The molecule has 0 bridgehead atoms. The van der Waals surface area contributed by atoms with Crippen LogP contribution >= 0.6 is 0 Å². The predicted molar refractivity (Wildman–Crippen MR) is 137 cm³/mol. The van der Waals surface area contributed by atoms with E-state index in [4.69, 9.17) is 0 Å². The van der Waals surface area contributed by atoms with E-state index in [0.29, 0.717) is 23.2 Å². The maximum Gasteiger partial charge on any atom is 0.435 e. The van der Waals surface area contributed by atoms with Crippen molar-refractivity contribution < 1.29 is 22.4 Å². The number of carbonyl (C=O) groups excluding carboxylic acids is 1. The third-order valence-electron chi connectivity index (χ3n) is 6.42. The Morgan fingerprint density at radius 2 is 1.74 bits per heavy atom. The molecule has 0 aliphatic heterocycles. The van der Waals surface area contributed by atoms with Crippen molar-refractivity contribution in [3.63, 3.8) is 0 Å². The maximum atomic E-state index is 14.0. The van der Waals surface area contributed by atoms with Gasteiger partial charge in [-0.15, -0.1) is 0 Å². The molecular formula is C29H23F4N5O. The number of anilines is 1. The van der Waals surface area contributed by atoms with E-state index in [2.05, 4.69) is 15.7 Å².